The van der Waals surface area contributed by atoms with Gasteiger partial charge in [-0.3, -0.25) is 4.79 Å². The van der Waals surface area contributed by atoms with E-state index in [9.17, 15) is 4.79 Å². The highest BCUT2D eigenvalue weighted by molar-refractivity contribution is 6.29. The van der Waals surface area contributed by atoms with Gasteiger partial charge in [0.15, 0.2) is 5.78 Å². The fourth-order valence-corrected chi connectivity index (χ4v) is 1.61. The summed E-state index contributed by atoms with van der Waals surface area (Å²) in [6.45, 7) is 1.91. The van der Waals surface area contributed by atoms with Crippen molar-refractivity contribution in [2.24, 2.45) is 0 Å². The predicted octanol–water partition coefficient (Wildman–Crippen LogP) is 3.27. The third kappa shape index (κ3) is 2.12. The summed E-state index contributed by atoms with van der Waals surface area (Å²) in [7, 11) is 0. The highest BCUT2D eigenvalue weighted by atomic mass is 35.5. The van der Waals surface area contributed by atoms with Crippen molar-refractivity contribution in [3.63, 3.8) is 0 Å². The number of pyridine rings is 1. The quantitative estimate of drug-likeness (QED) is 0.587. The molecule has 0 atom stereocenters. The van der Waals surface area contributed by atoms with Crippen molar-refractivity contribution in [2.75, 3.05) is 0 Å². The minimum absolute atomic E-state index is 0.0257. The van der Waals surface area contributed by atoms with Crippen molar-refractivity contribution in [3.05, 3.63) is 64.4 Å². The minimum atomic E-state index is -0.0257. The van der Waals surface area contributed by atoms with E-state index in [0.29, 0.717) is 16.3 Å². The van der Waals surface area contributed by atoms with E-state index in [1.165, 1.54) is 6.20 Å². The van der Waals surface area contributed by atoms with Crippen molar-refractivity contribution in [1.82, 2.24) is 4.98 Å². The number of rotatable bonds is 2. The van der Waals surface area contributed by atoms with E-state index in [1.807, 2.05) is 31.2 Å². The summed E-state index contributed by atoms with van der Waals surface area (Å²) in [4.78, 5) is 16.0. The molecule has 1 aromatic heterocycles. The fraction of sp³-hybridized carbons (Fsp3) is 0.0769. The number of halogens is 1. The minimum Gasteiger partial charge on any atom is -0.289 e. The maximum atomic E-state index is 12.1. The van der Waals surface area contributed by atoms with Gasteiger partial charge in [-0.05, 0) is 24.6 Å². The molecule has 80 valence electrons. The Labute approximate surface area is 98.9 Å². The summed E-state index contributed by atoms with van der Waals surface area (Å²) in [6, 6.07) is 10.8. The molecule has 0 aliphatic carbocycles. The molecule has 2 nitrogen and oxygen atoms in total. The molecule has 2 rings (SSSR count). The summed E-state index contributed by atoms with van der Waals surface area (Å²) in [5.74, 6) is -0.0257. The Bertz CT molecular complexity index is 520. The molecular weight excluding hydrogens is 222 g/mol. The van der Waals surface area contributed by atoms with Crippen molar-refractivity contribution >= 4 is 17.4 Å². The molecule has 0 spiro atoms. The van der Waals surface area contributed by atoms with E-state index >= 15 is 0 Å². The number of benzene rings is 1. The highest BCUT2D eigenvalue weighted by Crippen LogP contribution is 2.14. The lowest BCUT2D eigenvalue weighted by atomic mass is 10.0. The lowest BCUT2D eigenvalue weighted by molar-refractivity contribution is 0.103. The van der Waals surface area contributed by atoms with Crippen molar-refractivity contribution < 1.29 is 4.79 Å². The van der Waals surface area contributed by atoms with Gasteiger partial charge >= 0.3 is 0 Å². The van der Waals surface area contributed by atoms with Crippen LogP contribution in [0.1, 0.15) is 21.5 Å². The third-order valence-electron chi connectivity index (χ3n) is 2.38. The number of nitrogens with zero attached hydrogens (tertiary/aromatic N) is 1. The normalized spacial score (nSPS) is 10.1. The molecule has 0 unspecified atom stereocenters. The van der Waals surface area contributed by atoms with Gasteiger partial charge < -0.3 is 0 Å². The Balaban J connectivity index is 2.40. The standard InChI is InChI=1S/C13H10ClNO/c1-9-4-2-3-5-11(9)13(16)10-6-7-12(14)15-8-10/h2-8H,1H3. The van der Waals surface area contributed by atoms with Crippen LogP contribution in [0, 0.1) is 6.92 Å². The Morgan fingerprint density at radius 1 is 1.19 bits per heavy atom. The molecule has 0 fully saturated rings. The maximum absolute atomic E-state index is 12.1. The molecular formula is C13H10ClNO. The first-order valence-electron chi connectivity index (χ1n) is 4.90. The van der Waals surface area contributed by atoms with Gasteiger partial charge in [0.1, 0.15) is 5.15 Å². The van der Waals surface area contributed by atoms with Crippen LogP contribution in [-0.2, 0) is 0 Å². The lowest BCUT2D eigenvalue weighted by Crippen LogP contribution is -2.03. The smallest absolute Gasteiger partial charge is 0.194 e. The van der Waals surface area contributed by atoms with Crippen LogP contribution in [0.3, 0.4) is 0 Å². The number of hydrogen-bond acceptors (Lipinski definition) is 2. The van der Waals surface area contributed by atoms with Crippen LogP contribution in [0.25, 0.3) is 0 Å². The Morgan fingerprint density at radius 2 is 1.94 bits per heavy atom. The number of carbonyl (C=O) groups excluding carboxylic acids is 1. The monoisotopic (exact) mass is 231 g/mol. The lowest BCUT2D eigenvalue weighted by Gasteiger charge is -2.03. The molecule has 0 aliphatic rings. The van der Waals surface area contributed by atoms with Crippen LogP contribution in [0.5, 0.6) is 0 Å². The second-order valence-corrected chi connectivity index (χ2v) is 3.90. The number of hydrogen-bond donors (Lipinski definition) is 0. The van der Waals surface area contributed by atoms with Gasteiger partial charge in [0.25, 0.3) is 0 Å². The molecule has 1 heterocycles. The van der Waals surface area contributed by atoms with Crippen LogP contribution < -0.4 is 0 Å². The first-order chi connectivity index (χ1) is 7.68. The van der Waals surface area contributed by atoms with Crippen molar-refractivity contribution in [3.8, 4) is 0 Å². The highest BCUT2D eigenvalue weighted by Gasteiger charge is 2.10. The molecule has 0 aliphatic heterocycles. The van der Waals surface area contributed by atoms with Gasteiger partial charge in [0.05, 0.1) is 0 Å². The Hall–Kier alpha value is -1.67. The van der Waals surface area contributed by atoms with Gasteiger partial charge in [-0.2, -0.15) is 0 Å². The van der Waals surface area contributed by atoms with Gasteiger partial charge in [-0.25, -0.2) is 4.98 Å². The van der Waals surface area contributed by atoms with E-state index in [1.54, 1.807) is 12.1 Å². The molecule has 1 aromatic carbocycles. The average Bonchev–Trinajstić information content (AvgIpc) is 2.30. The molecule has 0 saturated carbocycles. The zero-order valence-electron chi connectivity index (χ0n) is 8.77. The fourth-order valence-electron chi connectivity index (χ4n) is 1.49. The first-order valence-corrected chi connectivity index (χ1v) is 5.28. The summed E-state index contributed by atoms with van der Waals surface area (Å²) < 4.78 is 0. The molecule has 0 radical (unpaired) electrons. The van der Waals surface area contributed by atoms with Gasteiger partial charge in [0.2, 0.25) is 0 Å². The largest absolute Gasteiger partial charge is 0.289 e. The van der Waals surface area contributed by atoms with Crippen LogP contribution in [0.2, 0.25) is 5.15 Å². The van der Waals surface area contributed by atoms with E-state index in [2.05, 4.69) is 4.98 Å². The van der Waals surface area contributed by atoms with Crippen molar-refractivity contribution in [1.29, 1.82) is 0 Å². The van der Waals surface area contributed by atoms with E-state index in [0.717, 1.165) is 5.56 Å². The molecule has 0 N–H and O–H groups in total. The summed E-state index contributed by atoms with van der Waals surface area (Å²) in [5.41, 5.74) is 2.22. The summed E-state index contributed by atoms with van der Waals surface area (Å²) >= 11 is 5.67. The molecule has 2 aromatic rings. The van der Waals surface area contributed by atoms with E-state index in [-0.39, 0.29) is 5.78 Å². The molecule has 0 amide bonds. The second-order valence-electron chi connectivity index (χ2n) is 3.51. The maximum Gasteiger partial charge on any atom is 0.194 e. The van der Waals surface area contributed by atoms with Gasteiger partial charge in [-0.15, -0.1) is 0 Å². The van der Waals surface area contributed by atoms with Crippen LogP contribution in [0.15, 0.2) is 42.6 Å². The van der Waals surface area contributed by atoms with Crippen LogP contribution in [0.4, 0.5) is 0 Å². The number of ketones is 1. The van der Waals surface area contributed by atoms with Gasteiger partial charge in [-0.1, -0.05) is 35.9 Å². The zero-order valence-corrected chi connectivity index (χ0v) is 9.53. The van der Waals surface area contributed by atoms with Crippen molar-refractivity contribution in [2.45, 2.75) is 6.92 Å². The van der Waals surface area contributed by atoms with Gasteiger partial charge in [0, 0.05) is 17.3 Å². The van der Waals surface area contributed by atoms with E-state index in [4.69, 9.17) is 11.6 Å². The summed E-state index contributed by atoms with van der Waals surface area (Å²) in [6.07, 6.45) is 1.50. The van der Waals surface area contributed by atoms with Crippen LogP contribution >= 0.6 is 11.6 Å². The third-order valence-corrected chi connectivity index (χ3v) is 2.60. The second kappa shape index (κ2) is 4.45. The van der Waals surface area contributed by atoms with Crippen LogP contribution in [-0.4, -0.2) is 10.8 Å². The molecule has 0 saturated heterocycles. The summed E-state index contributed by atoms with van der Waals surface area (Å²) in [5, 5.41) is 0.390. The zero-order chi connectivity index (χ0) is 11.5. The molecule has 0 bridgehead atoms. The molecule has 3 heteroatoms. The Kier molecular flexibility index (Phi) is 3.02. The predicted molar refractivity (Wildman–Crippen MR) is 63.9 cm³/mol. The number of aromatic nitrogens is 1. The number of aryl methyl sites for hydroxylation is 1. The number of carbonyl (C=O) groups is 1. The molecule has 16 heavy (non-hydrogen) atoms. The first kappa shape index (κ1) is 10.8. The average molecular weight is 232 g/mol. The van der Waals surface area contributed by atoms with E-state index < -0.39 is 0 Å². The topological polar surface area (TPSA) is 30.0 Å². The SMILES string of the molecule is Cc1ccccc1C(=O)c1ccc(Cl)nc1. The Morgan fingerprint density at radius 3 is 2.56 bits per heavy atom.